The fourth-order valence-electron chi connectivity index (χ4n) is 3.18. The molecule has 3 nitrogen and oxygen atoms in total. The Morgan fingerprint density at radius 2 is 1.79 bits per heavy atom. The maximum Gasteiger partial charge on any atom is 0.223 e. The van der Waals surface area contributed by atoms with Crippen molar-refractivity contribution in [3.63, 3.8) is 0 Å². The minimum Gasteiger partial charge on any atom is -0.343 e. The van der Waals surface area contributed by atoms with E-state index in [0.717, 1.165) is 37.4 Å². The predicted molar refractivity (Wildman–Crippen MR) is 100 cm³/mol. The van der Waals surface area contributed by atoms with Crippen LogP contribution < -0.4 is 0 Å². The first kappa shape index (κ1) is 17.0. The second kappa shape index (κ2) is 8.88. The zero-order valence-corrected chi connectivity index (χ0v) is 14.8. The number of rotatable bonds is 6. The Morgan fingerprint density at radius 1 is 1.08 bits per heavy atom. The van der Waals surface area contributed by atoms with Crippen LogP contribution >= 0.6 is 11.8 Å². The van der Waals surface area contributed by atoms with E-state index in [-0.39, 0.29) is 0 Å². The van der Waals surface area contributed by atoms with E-state index in [0.29, 0.717) is 18.2 Å². The van der Waals surface area contributed by atoms with Gasteiger partial charge in [0.1, 0.15) is 0 Å². The molecular weight excluding hydrogens is 316 g/mol. The Hall–Kier alpha value is -1.81. The number of amides is 1. The molecule has 126 valence electrons. The van der Waals surface area contributed by atoms with Crippen LogP contribution in [-0.4, -0.2) is 34.6 Å². The molecule has 1 amide bonds. The lowest BCUT2D eigenvalue weighted by atomic mass is 9.90. The number of carbonyl (C=O) groups is 1. The number of aromatic nitrogens is 1. The van der Waals surface area contributed by atoms with Gasteiger partial charge in [-0.2, -0.15) is 11.8 Å². The van der Waals surface area contributed by atoms with Crippen LogP contribution in [0, 0.1) is 0 Å². The molecule has 0 radical (unpaired) electrons. The van der Waals surface area contributed by atoms with E-state index in [4.69, 9.17) is 0 Å². The van der Waals surface area contributed by atoms with Crippen LogP contribution in [0.25, 0.3) is 0 Å². The number of nitrogens with zero attached hydrogens (tertiary/aromatic N) is 2. The van der Waals surface area contributed by atoms with Gasteiger partial charge in [0.2, 0.25) is 5.91 Å². The van der Waals surface area contributed by atoms with E-state index in [1.165, 1.54) is 11.1 Å². The molecule has 0 bridgehead atoms. The highest BCUT2D eigenvalue weighted by atomic mass is 32.2. The van der Waals surface area contributed by atoms with Crippen molar-refractivity contribution in [2.75, 3.05) is 18.8 Å². The number of hydrogen-bond acceptors (Lipinski definition) is 3. The number of likely N-dealkylation sites (tertiary alicyclic amines) is 1. The SMILES string of the molecule is O=C(CCSCc1ccccc1)N1CCC(c2ccncc2)CC1. The summed E-state index contributed by atoms with van der Waals surface area (Å²) in [5.41, 5.74) is 2.68. The van der Waals surface area contributed by atoms with Crippen molar-refractivity contribution in [3.05, 3.63) is 66.0 Å². The van der Waals surface area contributed by atoms with E-state index in [2.05, 4.69) is 41.4 Å². The van der Waals surface area contributed by atoms with Crippen LogP contribution in [-0.2, 0) is 10.5 Å². The fourth-order valence-corrected chi connectivity index (χ4v) is 4.07. The monoisotopic (exact) mass is 340 g/mol. The van der Waals surface area contributed by atoms with Crippen molar-refractivity contribution in [2.45, 2.75) is 30.9 Å². The van der Waals surface area contributed by atoms with Crippen LogP contribution in [0.1, 0.15) is 36.3 Å². The molecule has 4 heteroatoms. The van der Waals surface area contributed by atoms with E-state index < -0.39 is 0 Å². The first-order chi connectivity index (χ1) is 11.8. The number of benzene rings is 1. The maximum atomic E-state index is 12.4. The lowest BCUT2D eigenvalue weighted by Gasteiger charge is -2.32. The summed E-state index contributed by atoms with van der Waals surface area (Å²) >= 11 is 1.84. The lowest BCUT2D eigenvalue weighted by Crippen LogP contribution is -2.38. The van der Waals surface area contributed by atoms with Crippen LogP contribution in [0.15, 0.2) is 54.9 Å². The Balaban J connectivity index is 1.36. The van der Waals surface area contributed by atoms with Gasteiger partial charge in [-0.1, -0.05) is 30.3 Å². The van der Waals surface area contributed by atoms with Gasteiger partial charge in [-0.15, -0.1) is 0 Å². The van der Waals surface area contributed by atoms with Crippen molar-refractivity contribution in [1.29, 1.82) is 0 Å². The van der Waals surface area contributed by atoms with Gasteiger partial charge in [0.15, 0.2) is 0 Å². The largest absolute Gasteiger partial charge is 0.343 e. The second-order valence-corrected chi connectivity index (χ2v) is 7.33. The average molecular weight is 340 g/mol. The average Bonchev–Trinajstić information content (AvgIpc) is 2.67. The van der Waals surface area contributed by atoms with E-state index >= 15 is 0 Å². The topological polar surface area (TPSA) is 33.2 Å². The zero-order valence-electron chi connectivity index (χ0n) is 13.9. The van der Waals surface area contributed by atoms with Gasteiger partial charge in [-0.3, -0.25) is 9.78 Å². The van der Waals surface area contributed by atoms with Crippen molar-refractivity contribution in [1.82, 2.24) is 9.88 Å². The molecule has 1 fully saturated rings. The predicted octanol–water partition coefficient (Wildman–Crippen LogP) is 4.11. The number of hydrogen-bond donors (Lipinski definition) is 0. The second-order valence-electron chi connectivity index (χ2n) is 6.22. The molecule has 0 atom stereocenters. The van der Waals surface area contributed by atoms with Gasteiger partial charge >= 0.3 is 0 Å². The van der Waals surface area contributed by atoms with E-state index in [1.54, 1.807) is 0 Å². The summed E-state index contributed by atoms with van der Waals surface area (Å²) in [6.07, 6.45) is 6.49. The smallest absolute Gasteiger partial charge is 0.223 e. The minimum absolute atomic E-state index is 0.309. The Morgan fingerprint density at radius 3 is 2.50 bits per heavy atom. The Labute approximate surface area is 148 Å². The van der Waals surface area contributed by atoms with E-state index in [9.17, 15) is 4.79 Å². The number of thioether (sulfide) groups is 1. The van der Waals surface area contributed by atoms with Gasteiger partial charge in [0, 0.05) is 43.4 Å². The molecule has 1 saturated heterocycles. The fraction of sp³-hybridized carbons (Fsp3) is 0.400. The summed E-state index contributed by atoms with van der Waals surface area (Å²) in [7, 11) is 0. The molecule has 2 heterocycles. The molecule has 3 rings (SSSR count). The highest BCUT2D eigenvalue weighted by Crippen LogP contribution is 2.27. The maximum absolute atomic E-state index is 12.4. The van der Waals surface area contributed by atoms with Crippen LogP contribution in [0.5, 0.6) is 0 Å². The Bertz CT molecular complexity index is 625. The molecule has 0 N–H and O–H groups in total. The van der Waals surface area contributed by atoms with Gasteiger partial charge < -0.3 is 4.90 Å². The summed E-state index contributed by atoms with van der Waals surface area (Å²) in [6.45, 7) is 1.77. The molecule has 0 spiro atoms. The van der Waals surface area contributed by atoms with Gasteiger partial charge in [0.25, 0.3) is 0 Å². The summed E-state index contributed by atoms with van der Waals surface area (Å²) in [4.78, 5) is 18.5. The molecule has 1 aromatic carbocycles. The lowest BCUT2D eigenvalue weighted by molar-refractivity contribution is -0.131. The number of carbonyl (C=O) groups excluding carboxylic acids is 1. The third-order valence-electron chi connectivity index (χ3n) is 4.60. The molecule has 24 heavy (non-hydrogen) atoms. The van der Waals surface area contributed by atoms with E-state index in [1.807, 2.05) is 35.1 Å². The first-order valence-corrected chi connectivity index (χ1v) is 9.78. The molecule has 1 aliphatic heterocycles. The normalized spacial score (nSPS) is 15.4. The number of pyridine rings is 1. The molecule has 1 aliphatic rings. The summed E-state index contributed by atoms with van der Waals surface area (Å²) in [5, 5.41) is 0. The van der Waals surface area contributed by atoms with Crippen LogP contribution in [0.4, 0.5) is 0 Å². The molecule has 0 aliphatic carbocycles. The van der Waals surface area contributed by atoms with Gasteiger partial charge in [0.05, 0.1) is 0 Å². The quantitative estimate of drug-likeness (QED) is 0.742. The minimum atomic E-state index is 0.309. The van der Waals surface area contributed by atoms with Gasteiger partial charge in [-0.05, 0) is 42.0 Å². The summed E-state index contributed by atoms with van der Waals surface area (Å²) < 4.78 is 0. The standard InChI is InChI=1S/C20H24N2OS/c23-20(10-15-24-16-17-4-2-1-3-5-17)22-13-8-19(9-14-22)18-6-11-21-12-7-18/h1-7,11-12,19H,8-10,13-16H2. The molecule has 0 saturated carbocycles. The highest BCUT2D eigenvalue weighted by molar-refractivity contribution is 7.98. The van der Waals surface area contributed by atoms with Crippen LogP contribution in [0.2, 0.25) is 0 Å². The Kier molecular flexibility index (Phi) is 6.30. The van der Waals surface area contributed by atoms with Crippen LogP contribution in [0.3, 0.4) is 0 Å². The molecular formula is C20H24N2OS. The molecule has 1 aromatic heterocycles. The van der Waals surface area contributed by atoms with Crippen molar-refractivity contribution in [3.8, 4) is 0 Å². The summed E-state index contributed by atoms with van der Waals surface area (Å²) in [6, 6.07) is 14.6. The summed E-state index contributed by atoms with van der Waals surface area (Å²) in [5.74, 6) is 2.77. The van der Waals surface area contributed by atoms with Crippen molar-refractivity contribution >= 4 is 17.7 Å². The molecule has 2 aromatic rings. The van der Waals surface area contributed by atoms with Crippen molar-refractivity contribution in [2.24, 2.45) is 0 Å². The van der Waals surface area contributed by atoms with Gasteiger partial charge in [-0.25, -0.2) is 0 Å². The third kappa shape index (κ3) is 4.84. The third-order valence-corrected chi connectivity index (χ3v) is 5.63. The highest BCUT2D eigenvalue weighted by Gasteiger charge is 2.23. The molecule has 0 unspecified atom stereocenters. The zero-order chi connectivity index (χ0) is 16.6. The number of piperidine rings is 1. The first-order valence-electron chi connectivity index (χ1n) is 8.62. The van der Waals surface area contributed by atoms with Crippen molar-refractivity contribution < 1.29 is 4.79 Å².